The molecule has 0 aliphatic heterocycles. The van der Waals surface area contributed by atoms with Crippen molar-refractivity contribution in [3.05, 3.63) is 29.8 Å². The van der Waals surface area contributed by atoms with Crippen molar-refractivity contribution in [1.82, 2.24) is 0 Å². The lowest BCUT2D eigenvalue weighted by Crippen LogP contribution is -2.17. The van der Waals surface area contributed by atoms with Gasteiger partial charge < -0.3 is 15.5 Å². The summed E-state index contributed by atoms with van der Waals surface area (Å²) in [5.41, 5.74) is 0.00230. The van der Waals surface area contributed by atoms with Gasteiger partial charge in [-0.1, -0.05) is 26.0 Å². The maximum absolute atomic E-state index is 11.1. The van der Waals surface area contributed by atoms with Gasteiger partial charge in [-0.25, -0.2) is 4.79 Å². The van der Waals surface area contributed by atoms with Crippen LogP contribution in [-0.2, 0) is 9.59 Å². The SMILES string of the molecule is CC.O=C(O)CC(=O)Nc1ccccc1C(=O)O. The molecule has 1 amide bonds. The number of nitrogens with one attached hydrogen (secondary N) is 1. The van der Waals surface area contributed by atoms with Gasteiger partial charge in [-0.05, 0) is 12.1 Å². The molecular formula is C12H15NO5. The zero-order valence-corrected chi connectivity index (χ0v) is 10.1. The lowest BCUT2D eigenvalue weighted by atomic mass is 10.2. The highest BCUT2D eigenvalue weighted by Crippen LogP contribution is 2.14. The van der Waals surface area contributed by atoms with Crippen LogP contribution in [0.3, 0.4) is 0 Å². The third-order valence-electron chi connectivity index (χ3n) is 1.74. The number of hydrogen-bond acceptors (Lipinski definition) is 3. The van der Waals surface area contributed by atoms with Crippen LogP contribution in [-0.4, -0.2) is 28.1 Å². The van der Waals surface area contributed by atoms with Crippen molar-refractivity contribution in [3.63, 3.8) is 0 Å². The summed E-state index contributed by atoms with van der Waals surface area (Å²) in [6, 6.07) is 5.76. The number of amides is 1. The predicted molar refractivity (Wildman–Crippen MR) is 65.6 cm³/mol. The van der Waals surface area contributed by atoms with E-state index in [4.69, 9.17) is 10.2 Å². The number of aromatic carboxylic acids is 1. The number of carbonyl (C=O) groups excluding carboxylic acids is 1. The molecule has 0 aliphatic rings. The van der Waals surface area contributed by atoms with Crippen LogP contribution in [0.25, 0.3) is 0 Å². The van der Waals surface area contributed by atoms with E-state index in [2.05, 4.69) is 5.32 Å². The molecule has 0 heterocycles. The Bertz CT molecular complexity index is 442. The quantitative estimate of drug-likeness (QED) is 0.710. The number of benzene rings is 1. The molecule has 3 N–H and O–H groups in total. The Morgan fingerprint density at radius 3 is 2.17 bits per heavy atom. The van der Waals surface area contributed by atoms with Crippen LogP contribution in [0.15, 0.2) is 24.3 Å². The molecule has 18 heavy (non-hydrogen) atoms. The van der Waals surface area contributed by atoms with Crippen LogP contribution in [0.2, 0.25) is 0 Å². The molecule has 0 aromatic heterocycles. The fourth-order valence-electron chi connectivity index (χ4n) is 1.11. The summed E-state index contributed by atoms with van der Waals surface area (Å²) in [5.74, 6) is -3.22. The van der Waals surface area contributed by atoms with Gasteiger partial charge in [0.1, 0.15) is 6.42 Å². The summed E-state index contributed by atoms with van der Waals surface area (Å²) in [6.07, 6.45) is -0.700. The third kappa shape index (κ3) is 5.11. The summed E-state index contributed by atoms with van der Waals surface area (Å²) in [6.45, 7) is 4.00. The van der Waals surface area contributed by atoms with Crippen molar-refractivity contribution in [2.24, 2.45) is 0 Å². The molecule has 1 rings (SSSR count). The van der Waals surface area contributed by atoms with E-state index in [0.717, 1.165) is 0 Å². The number of carbonyl (C=O) groups is 3. The maximum atomic E-state index is 11.1. The van der Waals surface area contributed by atoms with E-state index in [1.54, 1.807) is 6.07 Å². The molecule has 1 aromatic carbocycles. The van der Waals surface area contributed by atoms with Crippen LogP contribution in [0, 0.1) is 0 Å². The van der Waals surface area contributed by atoms with Crippen molar-refractivity contribution in [2.45, 2.75) is 20.3 Å². The van der Waals surface area contributed by atoms with Crippen LogP contribution in [0.4, 0.5) is 5.69 Å². The Labute approximate surface area is 104 Å². The second-order valence-corrected chi connectivity index (χ2v) is 2.97. The van der Waals surface area contributed by atoms with E-state index in [0.29, 0.717) is 0 Å². The van der Waals surface area contributed by atoms with E-state index in [1.807, 2.05) is 13.8 Å². The smallest absolute Gasteiger partial charge is 0.337 e. The molecule has 0 bridgehead atoms. The lowest BCUT2D eigenvalue weighted by molar-refractivity contribution is -0.139. The van der Waals surface area contributed by atoms with Crippen molar-refractivity contribution >= 4 is 23.5 Å². The zero-order valence-electron chi connectivity index (χ0n) is 10.1. The van der Waals surface area contributed by atoms with Gasteiger partial charge >= 0.3 is 11.9 Å². The van der Waals surface area contributed by atoms with E-state index in [9.17, 15) is 14.4 Å². The van der Waals surface area contributed by atoms with Gasteiger partial charge in [0, 0.05) is 0 Å². The monoisotopic (exact) mass is 253 g/mol. The van der Waals surface area contributed by atoms with Gasteiger partial charge in [0.05, 0.1) is 11.3 Å². The molecule has 0 atom stereocenters. The van der Waals surface area contributed by atoms with Crippen molar-refractivity contribution in [1.29, 1.82) is 0 Å². The first-order chi connectivity index (χ1) is 8.50. The first-order valence-electron chi connectivity index (χ1n) is 5.34. The van der Waals surface area contributed by atoms with Gasteiger partial charge in [0.2, 0.25) is 5.91 Å². The van der Waals surface area contributed by atoms with E-state index in [-0.39, 0.29) is 11.3 Å². The molecule has 0 saturated carbocycles. The minimum Gasteiger partial charge on any atom is -0.481 e. The standard InChI is InChI=1S/C10H9NO5.C2H6/c12-8(5-9(13)14)11-7-4-2-1-3-6(7)10(15)16;1-2/h1-4H,5H2,(H,11,12)(H,13,14)(H,15,16);1-2H3. The topological polar surface area (TPSA) is 104 Å². The number of rotatable bonds is 4. The number of anilines is 1. The summed E-state index contributed by atoms with van der Waals surface area (Å²) in [5, 5.41) is 19.4. The molecular weight excluding hydrogens is 238 g/mol. The second-order valence-electron chi connectivity index (χ2n) is 2.97. The van der Waals surface area contributed by atoms with E-state index >= 15 is 0 Å². The summed E-state index contributed by atoms with van der Waals surface area (Å²) < 4.78 is 0. The van der Waals surface area contributed by atoms with Crippen LogP contribution in [0.1, 0.15) is 30.6 Å². The molecule has 0 fully saturated rings. The van der Waals surface area contributed by atoms with Crippen LogP contribution >= 0.6 is 0 Å². The predicted octanol–water partition coefficient (Wildman–Crippen LogP) is 1.82. The van der Waals surface area contributed by atoms with Gasteiger partial charge in [0.15, 0.2) is 0 Å². The number of aliphatic carboxylic acids is 1. The fourth-order valence-corrected chi connectivity index (χ4v) is 1.11. The summed E-state index contributed by atoms with van der Waals surface area (Å²) >= 11 is 0. The zero-order chi connectivity index (χ0) is 14.1. The number of hydrogen-bond donors (Lipinski definition) is 3. The van der Waals surface area contributed by atoms with Crippen molar-refractivity contribution in [3.8, 4) is 0 Å². The highest BCUT2D eigenvalue weighted by molar-refractivity contribution is 6.05. The van der Waals surface area contributed by atoms with Gasteiger partial charge in [-0.3, -0.25) is 9.59 Å². The van der Waals surface area contributed by atoms with Crippen molar-refractivity contribution < 1.29 is 24.6 Å². The fraction of sp³-hybridized carbons (Fsp3) is 0.250. The average Bonchev–Trinajstić information content (AvgIpc) is 2.30. The first-order valence-corrected chi connectivity index (χ1v) is 5.34. The molecule has 6 nitrogen and oxygen atoms in total. The van der Waals surface area contributed by atoms with Gasteiger partial charge in [0.25, 0.3) is 0 Å². The molecule has 1 aromatic rings. The molecule has 0 saturated heterocycles. The Morgan fingerprint density at radius 1 is 1.11 bits per heavy atom. The lowest BCUT2D eigenvalue weighted by Gasteiger charge is -2.06. The van der Waals surface area contributed by atoms with Gasteiger partial charge in [-0.2, -0.15) is 0 Å². The van der Waals surface area contributed by atoms with E-state index < -0.39 is 24.3 Å². The Kier molecular flexibility index (Phi) is 6.80. The first kappa shape index (κ1) is 15.6. The minimum absolute atomic E-state index is 0.0822. The second kappa shape index (κ2) is 7.83. The number of para-hydroxylation sites is 1. The molecule has 6 heteroatoms. The number of carboxylic acids is 2. The molecule has 0 unspecified atom stereocenters. The molecule has 0 aliphatic carbocycles. The average molecular weight is 253 g/mol. The third-order valence-corrected chi connectivity index (χ3v) is 1.74. The Morgan fingerprint density at radius 2 is 1.67 bits per heavy atom. The molecule has 98 valence electrons. The summed E-state index contributed by atoms with van der Waals surface area (Å²) in [4.78, 5) is 32.1. The maximum Gasteiger partial charge on any atom is 0.337 e. The van der Waals surface area contributed by atoms with Crippen LogP contribution in [0.5, 0.6) is 0 Å². The van der Waals surface area contributed by atoms with Crippen LogP contribution < -0.4 is 5.32 Å². The highest BCUT2D eigenvalue weighted by Gasteiger charge is 2.13. The van der Waals surface area contributed by atoms with Gasteiger partial charge in [-0.15, -0.1) is 0 Å². The molecule has 0 spiro atoms. The summed E-state index contributed by atoms with van der Waals surface area (Å²) in [7, 11) is 0. The Hall–Kier alpha value is -2.37. The number of carboxylic acid groups (broad SMARTS) is 2. The minimum atomic E-state index is -1.27. The normalized spacial score (nSPS) is 8.78. The largest absolute Gasteiger partial charge is 0.481 e. The Balaban J connectivity index is 0.00000137. The molecule has 0 radical (unpaired) electrons. The van der Waals surface area contributed by atoms with Crippen molar-refractivity contribution in [2.75, 3.05) is 5.32 Å². The van der Waals surface area contributed by atoms with E-state index in [1.165, 1.54) is 18.2 Å². The highest BCUT2D eigenvalue weighted by atomic mass is 16.4.